The van der Waals surface area contributed by atoms with Gasteiger partial charge in [-0.3, -0.25) is 9.11 Å². The van der Waals surface area contributed by atoms with Gasteiger partial charge >= 0.3 is 6.01 Å². The average molecular weight is 608 g/mol. The number of aromatic nitrogens is 3. The second kappa shape index (κ2) is 12.6. The third-order valence-electron chi connectivity index (χ3n) is 5.38. The van der Waals surface area contributed by atoms with Crippen molar-refractivity contribution in [3.63, 3.8) is 0 Å². The maximum absolute atomic E-state index is 12.2. The third-order valence-corrected chi connectivity index (χ3v) is 7.18. The van der Waals surface area contributed by atoms with E-state index in [0.29, 0.717) is 11.5 Å². The third kappa shape index (κ3) is 7.75. The van der Waals surface area contributed by atoms with E-state index in [9.17, 15) is 25.9 Å². The number of anilines is 3. The highest BCUT2D eigenvalue weighted by Crippen LogP contribution is 2.33. The van der Waals surface area contributed by atoms with Crippen LogP contribution in [-0.4, -0.2) is 79.5 Å². The van der Waals surface area contributed by atoms with Crippen LogP contribution in [0.5, 0.6) is 17.5 Å². The van der Waals surface area contributed by atoms with Crippen molar-refractivity contribution in [1.29, 1.82) is 0 Å². The maximum atomic E-state index is 12.2. The van der Waals surface area contributed by atoms with Gasteiger partial charge in [-0.2, -0.15) is 31.8 Å². The molecule has 0 saturated carbocycles. The summed E-state index contributed by atoms with van der Waals surface area (Å²) in [6.07, 6.45) is 0. The highest BCUT2D eigenvalue weighted by atomic mass is 32.2. The minimum absolute atomic E-state index is 0.0352. The Kier molecular flexibility index (Phi) is 9.16. The first-order chi connectivity index (χ1) is 19.5. The van der Waals surface area contributed by atoms with Crippen LogP contribution in [0.25, 0.3) is 10.8 Å². The van der Waals surface area contributed by atoms with E-state index in [0.717, 1.165) is 12.1 Å². The average Bonchev–Trinajstić information content (AvgIpc) is 2.91. The first kappa shape index (κ1) is 29.8. The van der Waals surface area contributed by atoms with Gasteiger partial charge in [-0.15, -0.1) is 0 Å². The molecule has 0 spiro atoms. The molecule has 0 aliphatic carbocycles. The molecule has 4 rings (SSSR count). The predicted octanol–water partition coefficient (Wildman–Crippen LogP) is 2.48. The number of hydrogen-bond donors (Lipinski definition) is 5. The van der Waals surface area contributed by atoms with E-state index in [2.05, 4.69) is 25.6 Å². The number of fused-ring (bicyclic) bond motifs is 1. The van der Waals surface area contributed by atoms with E-state index in [4.69, 9.17) is 19.3 Å². The molecule has 3 aromatic carbocycles. The molecule has 0 amide bonds. The van der Waals surface area contributed by atoms with Crippen LogP contribution in [0.4, 0.5) is 17.6 Å². The number of aliphatic hydroxyl groups excluding tert-OH is 1. The van der Waals surface area contributed by atoms with Gasteiger partial charge in [0.05, 0.1) is 26.9 Å². The van der Waals surface area contributed by atoms with Crippen molar-refractivity contribution in [2.45, 2.75) is 9.79 Å². The molecule has 17 heteroatoms. The normalized spacial score (nSPS) is 11.8. The van der Waals surface area contributed by atoms with Crippen molar-refractivity contribution >= 4 is 48.6 Å². The Morgan fingerprint density at radius 3 is 2.15 bits per heavy atom. The highest BCUT2D eigenvalue weighted by Gasteiger charge is 2.22. The minimum Gasteiger partial charge on any atom is -0.497 e. The largest absolute Gasteiger partial charge is 0.497 e. The highest BCUT2D eigenvalue weighted by molar-refractivity contribution is 7.86. The van der Waals surface area contributed by atoms with Gasteiger partial charge in [0.2, 0.25) is 11.9 Å². The van der Waals surface area contributed by atoms with Gasteiger partial charge in [0.1, 0.15) is 21.3 Å². The second-order valence-electron chi connectivity index (χ2n) is 8.21. The fraction of sp³-hybridized carbons (Fsp3) is 0.208. The molecule has 0 aliphatic heterocycles. The lowest BCUT2D eigenvalue weighted by Crippen LogP contribution is -2.14. The van der Waals surface area contributed by atoms with Gasteiger partial charge < -0.3 is 30.0 Å². The van der Waals surface area contributed by atoms with Gasteiger partial charge in [0.15, 0.2) is 0 Å². The van der Waals surface area contributed by atoms with Gasteiger partial charge in [0, 0.05) is 23.0 Å². The van der Waals surface area contributed by atoms with Crippen molar-refractivity contribution in [2.75, 3.05) is 44.1 Å². The number of rotatable bonds is 13. The van der Waals surface area contributed by atoms with E-state index in [-0.39, 0.29) is 60.7 Å². The molecular weight excluding hydrogens is 582 g/mol. The van der Waals surface area contributed by atoms with Crippen LogP contribution in [0, 0.1) is 0 Å². The summed E-state index contributed by atoms with van der Waals surface area (Å²) in [5, 5.41) is 14.2. The molecule has 1 aromatic heterocycles. The summed E-state index contributed by atoms with van der Waals surface area (Å²) in [6.45, 7) is 0.452. The fourth-order valence-electron chi connectivity index (χ4n) is 3.65. The van der Waals surface area contributed by atoms with Gasteiger partial charge in [-0.1, -0.05) is 12.1 Å². The summed E-state index contributed by atoms with van der Waals surface area (Å²) in [4.78, 5) is 11.4. The van der Waals surface area contributed by atoms with Gasteiger partial charge in [-0.25, -0.2) is 0 Å². The number of aliphatic hydroxyl groups is 1. The summed E-state index contributed by atoms with van der Waals surface area (Å²) in [5.41, 5.74) is -0.0416. The number of hydrogen-bond acceptors (Lipinski definition) is 13. The second-order valence-corrected chi connectivity index (χ2v) is 11.0. The smallest absolute Gasteiger partial charge is 0.328 e. The SMILES string of the molecule is COc1ccc(Oc2nc(NCCOCCO)nc(Nc3cc(S(=O)(=O)O)c4cccc(S(=O)(=O)O)c4c3)n2)cc1. The zero-order chi connectivity index (χ0) is 29.6. The lowest BCUT2D eigenvalue weighted by molar-refractivity contribution is 0.0991. The fourth-order valence-corrected chi connectivity index (χ4v) is 5.08. The lowest BCUT2D eigenvalue weighted by atomic mass is 10.1. The van der Waals surface area contributed by atoms with E-state index in [1.54, 1.807) is 24.3 Å². The molecule has 4 aromatic rings. The monoisotopic (exact) mass is 607 g/mol. The Bertz CT molecular complexity index is 1750. The van der Waals surface area contributed by atoms with Crippen molar-refractivity contribution < 1.29 is 45.3 Å². The Balaban J connectivity index is 1.75. The minimum atomic E-state index is -4.84. The molecule has 218 valence electrons. The quantitative estimate of drug-likeness (QED) is 0.109. The number of ether oxygens (including phenoxy) is 3. The molecule has 0 bridgehead atoms. The molecule has 0 atom stereocenters. The van der Waals surface area contributed by atoms with Gasteiger partial charge in [0.25, 0.3) is 20.2 Å². The molecular formula is C24H25N5O10S2. The van der Waals surface area contributed by atoms with Crippen LogP contribution in [0.1, 0.15) is 0 Å². The molecule has 1 heterocycles. The molecule has 0 unspecified atom stereocenters. The number of benzene rings is 3. The lowest BCUT2D eigenvalue weighted by Gasteiger charge is -2.13. The first-order valence-corrected chi connectivity index (χ1v) is 14.6. The molecule has 15 nitrogen and oxygen atoms in total. The summed E-state index contributed by atoms with van der Waals surface area (Å²) in [5.74, 6) is 0.841. The van der Waals surface area contributed by atoms with E-state index in [1.807, 2.05) is 0 Å². The molecule has 0 saturated heterocycles. The Morgan fingerprint density at radius 1 is 0.805 bits per heavy atom. The molecule has 5 N–H and O–H groups in total. The summed E-state index contributed by atoms with van der Waals surface area (Å²) < 4.78 is 83.9. The first-order valence-electron chi connectivity index (χ1n) is 11.8. The van der Waals surface area contributed by atoms with Crippen LogP contribution in [0.15, 0.2) is 64.4 Å². The van der Waals surface area contributed by atoms with Crippen LogP contribution < -0.4 is 20.1 Å². The standard InChI is InChI=1S/C24H25N5O10S2/c1-37-16-5-7-17(8-6-16)39-24-28-22(25-9-11-38-12-10-30)27-23(29-24)26-15-13-19-18(21(14-15)41(34,35)36)3-2-4-20(19)40(31,32)33/h2-8,13-14,30H,9-12H2,1H3,(H,31,32,33)(H,34,35,36)(H2,25,26,27,28,29). The molecule has 0 fully saturated rings. The van der Waals surface area contributed by atoms with Crippen molar-refractivity contribution in [1.82, 2.24) is 15.0 Å². The van der Waals surface area contributed by atoms with Crippen LogP contribution in [0.2, 0.25) is 0 Å². The predicted molar refractivity (Wildman–Crippen MR) is 146 cm³/mol. The number of methoxy groups -OCH3 is 1. The zero-order valence-electron chi connectivity index (χ0n) is 21.4. The number of nitrogens with one attached hydrogen (secondary N) is 2. The van der Waals surface area contributed by atoms with Crippen LogP contribution >= 0.6 is 0 Å². The summed E-state index contributed by atoms with van der Waals surface area (Å²) >= 11 is 0. The van der Waals surface area contributed by atoms with E-state index >= 15 is 0 Å². The molecule has 0 radical (unpaired) electrons. The Morgan fingerprint density at radius 2 is 1.49 bits per heavy atom. The maximum Gasteiger partial charge on any atom is 0.328 e. The number of nitrogens with zero attached hydrogens (tertiary/aromatic N) is 3. The van der Waals surface area contributed by atoms with Crippen molar-refractivity contribution in [3.8, 4) is 17.5 Å². The van der Waals surface area contributed by atoms with Crippen molar-refractivity contribution in [2.24, 2.45) is 0 Å². The summed E-state index contributed by atoms with van der Waals surface area (Å²) in [6, 6.07) is 12.3. The topological polar surface area (TPSA) is 219 Å². The van der Waals surface area contributed by atoms with Gasteiger partial charge in [-0.05, 0) is 42.5 Å². The van der Waals surface area contributed by atoms with E-state index < -0.39 is 30.0 Å². The van der Waals surface area contributed by atoms with Crippen LogP contribution in [0.3, 0.4) is 0 Å². The molecule has 41 heavy (non-hydrogen) atoms. The Labute approximate surface area is 234 Å². The van der Waals surface area contributed by atoms with Crippen LogP contribution in [-0.2, 0) is 25.0 Å². The van der Waals surface area contributed by atoms with Crippen molar-refractivity contribution in [3.05, 3.63) is 54.6 Å². The van der Waals surface area contributed by atoms with E-state index in [1.165, 1.54) is 25.3 Å². The summed E-state index contributed by atoms with van der Waals surface area (Å²) in [7, 11) is -8.09. The Hall–Kier alpha value is -4.13. The zero-order valence-corrected chi connectivity index (χ0v) is 23.0. The molecule has 0 aliphatic rings.